The Labute approximate surface area is 140 Å². The number of hydrogen-bond donors (Lipinski definition) is 2. The summed E-state index contributed by atoms with van der Waals surface area (Å²) >= 11 is 6.35. The SMILES string of the molecule is O=C(NC[C@@H]1C[C@H](F)CN1)C1(c2ccccc2Cl)CCOCC1. The van der Waals surface area contributed by atoms with Crippen molar-refractivity contribution in [1.82, 2.24) is 10.6 Å². The molecule has 2 fully saturated rings. The van der Waals surface area contributed by atoms with Gasteiger partial charge >= 0.3 is 0 Å². The Kier molecular flexibility index (Phi) is 5.19. The van der Waals surface area contributed by atoms with Crippen molar-refractivity contribution in [3.8, 4) is 0 Å². The van der Waals surface area contributed by atoms with Crippen LogP contribution in [0.5, 0.6) is 0 Å². The normalized spacial score (nSPS) is 26.9. The Morgan fingerprint density at radius 2 is 2.13 bits per heavy atom. The topological polar surface area (TPSA) is 50.4 Å². The molecule has 2 aliphatic heterocycles. The molecule has 2 N–H and O–H groups in total. The van der Waals surface area contributed by atoms with Crippen molar-refractivity contribution in [2.45, 2.75) is 36.9 Å². The molecule has 2 atom stereocenters. The van der Waals surface area contributed by atoms with E-state index in [4.69, 9.17) is 16.3 Å². The number of alkyl halides is 1. The van der Waals surface area contributed by atoms with Crippen LogP contribution in [0.2, 0.25) is 5.02 Å². The molecule has 1 amide bonds. The summed E-state index contributed by atoms with van der Waals surface area (Å²) in [6.45, 7) is 1.87. The molecule has 3 rings (SSSR count). The predicted molar refractivity (Wildman–Crippen MR) is 87.5 cm³/mol. The Balaban J connectivity index is 1.76. The first-order chi connectivity index (χ1) is 11.1. The van der Waals surface area contributed by atoms with Crippen molar-refractivity contribution in [3.05, 3.63) is 34.9 Å². The summed E-state index contributed by atoms with van der Waals surface area (Å²) in [4.78, 5) is 13.0. The van der Waals surface area contributed by atoms with E-state index in [9.17, 15) is 9.18 Å². The number of carbonyl (C=O) groups is 1. The fraction of sp³-hybridized carbons (Fsp3) is 0.588. The highest BCUT2D eigenvalue weighted by molar-refractivity contribution is 6.31. The van der Waals surface area contributed by atoms with E-state index in [1.807, 2.05) is 24.3 Å². The second-order valence-electron chi connectivity index (χ2n) is 6.32. The molecule has 0 unspecified atom stereocenters. The number of benzene rings is 1. The van der Waals surface area contributed by atoms with E-state index in [1.165, 1.54) is 0 Å². The first-order valence-corrected chi connectivity index (χ1v) is 8.48. The van der Waals surface area contributed by atoms with Gasteiger partial charge in [-0.1, -0.05) is 29.8 Å². The monoisotopic (exact) mass is 340 g/mol. The third-order valence-electron chi connectivity index (χ3n) is 4.85. The number of ether oxygens (including phenoxy) is 1. The molecular weight excluding hydrogens is 319 g/mol. The summed E-state index contributed by atoms with van der Waals surface area (Å²) in [5.41, 5.74) is 0.190. The molecule has 0 saturated carbocycles. The Hall–Kier alpha value is -1.17. The molecule has 0 aromatic heterocycles. The number of nitrogens with one attached hydrogen (secondary N) is 2. The van der Waals surface area contributed by atoms with Crippen LogP contribution in [0.25, 0.3) is 0 Å². The zero-order valence-electron chi connectivity index (χ0n) is 13.0. The molecular formula is C17H22ClFN2O2. The van der Waals surface area contributed by atoms with Gasteiger partial charge in [0.05, 0.1) is 5.41 Å². The third kappa shape index (κ3) is 3.52. The van der Waals surface area contributed by atoms with Gasteiger partial charge < -0.3 is 15.4 Å². The van der Waals surface area contributed by atoms with Gasteiger partial charge in [-0.05, 0) is 30.9 Å². The van der Waals surface area contributed by atoms with Crippen molar-refractivity contribution >= 4 is 17.5 Å². The zero-order chi connectivity index (χ0) is 16.3. The largest absolute Gasteiger partial charge is 0.381 e. The quantitative estimate of drug-likeness (QED) is 0.883. The van der Waals surface area contributed by atoms with Crippen molar-refractivity contribution in [3.63, 3.8) is 0 Å². The van der Waals surface area contributed by atoms with Gasteiger partial charge in [-0.2, -0.15) is 0 Å². The van der Waals surface area contributed by atoms with Gasteiger partial charge in [0.1, 0.15) is 6.17 Å². The van der Waals surface area contributed by atoms with E-state index in [0.29, 0.717) is 50.6 Å². The number of amides is 1. The number of hydrogen-bond acceptors (Lipinski definition) is 3. The maximum absolute atomic E-state index is 13.2. The van der Waals surface area contributed by atoms with Crippen molar-refractivity contribution in [2.75, 3.05) is 26.3 Å². The van der Waals surface area contributed by atoms with Crippen LogP contribution < -0.4 is 10.6 Å². The van der Waals surface area contributed by atoms with Crippen LogP contribution in [0.1, 0.15) is 24.8 Å². The van der Waals surface area contributed by atoms with Gasteiger partial charge in [-0.3, -0.25) is 4.79 Å². The molecule has 1 aromatic carbocycles. The Morgan fingerprint density at radius 3 is 2.78 bits per heavy atom. The fourth-order valence-corrected chi connectivity index (χ4v) is 3.82. The molecule has 2 aliphatic rings. The van der Waals surface area contributed by atoms with Crippen LogP contribution >= 0.6 is 11.6 Å². The number of halogens is 2. The van der Waals surface area contributed by atoms with E-state index in [0.717, 1.165) is 5.56 Å². The fourth-order valence-electron chi connectivity index (χ4n) is 3.50. The highest BCUT2D eigenvalue weighted by atomic mass is 35.5. The first kappa shape index (κ1) is 16.7. The van der Waals surface area contributed by atoms with Gasteiger partial charge in [0, 0.05) is 37.4 Å². The maximum Gasteiger partial charge on any atom is 0.230 e. The minimum atomic E-state index is -0.822. The molecule has 1 aromatic rings. The van der Waals surface area contributed by atoms with Gasteiger partial charge in [-0.15, -0.1) is 0 Å². The predicted octanol–water partition coefficient (Wildman–Crippen LogP) is 2.20. The molecule has 126 valence electrons. The molecule has 0 bridgehead atoms. The van der Waals surface area contributed by atoms with E-state index in [-0.39, 0.29) is 11.9 Å². The summed E-state index contributed by atoms with van der Waals surface area (Å²) in [5.74, 6) is -0.0435. The highest BCUT2D eigenvalue weighted by Crippen LogP contribution is 2.38. The average Bonchev–Trinajstić information content (AvgIpc) is 2.99. The standard InChI is InChI=1S/C17H22ClFN2O2/c18-15-4-2-1-3-14(15)17(5-7-23-8-6-17)16(22)21-11-13-9-12(19)10-20-13/h1-4,12-13,20H,5-11H2,(H,21,22)/t12-,13-/m0/s1. The summed E-state index contributed by atoms with van der Waals surface area (Å²) in [6, 6.07) is 7.49. The Bertz CT molecular complexity index is 563. The van der Waals surface area contributed by atoms with Gasteiger partial charge in [0.25, 0.3) is 0 Å². The van der Waals surface area contributed by atoms with Crippen molar-refractivity contribution in [1.29, 1.82) is 0 Å². The molecule has 4 nitrogen and oxygen atoms in total. The lowest BCUT2D eigenvalue weighted by atomic mass is 9.73. The first-order valence-electron chi connectivity index (χ1n) is 8.10. The van der Waals surface area contributed by atoms with Crippen LogP contribution in [0.3, 0.4) is 0 Å². The average molecular weight is 341 g/mol. The molecule has 0 aliphatic carbocycles. The van der Waals surface area contributed by atoms with Gasteiger partial charge in [0.15, 0.2) is 0 Å². The van der Waals surface area contributed by atoms with Gasteiger partial charge in [0.2, 0.25) is 5.91 Å². The zero-order valence-corrected chi connectivity index (χ0v) is 13.7. The number of carbonyl (C=O) groups excluding carboxylic acids is 1. The summed E-state index contributed by atoms with van der Waals surface area (Å²) < 4.78 is 18.7. The lowest BCUT2D eigenvalue weighted by Crippen LogP contribution is -2.50. The van der Waals surface area contributed by atoms with Crippen molar-refractivity contribution < 1.29 is 13.9 Å². The third-order valence-corrected chi connectivity index (χ3v) is 5.18. The van der Waals surface area contributed by atoms with Crippen LogP contribution in [0, 0.1) is 0 Å². The highest BCUT2D eigenvalue weighted by Gasteiger charge is 2.43. The lowest BCUT2D eigenvalue weighted by molar-refractivity contribution is -0.130. The van der Waals surface area contributed by atoms with E-state index in [1.54, 1.807) is 0 Å². The second-order valence-corrected chi connectivity index (χ2v) is 6.73. The summed E-state index contributed by atoms with van der Waals surface area (Å²) in [7, 11) is 0. The minimum Gasteiger partial charge on any atom is -0.381 e. The molecule has 2 heterocycles. The van der Waals surface area contributed by atoms with Gasteiger partial charge in [-0.25, -0.2) is 4.39 Å². The van der Waals surface area contributed by atoms with E-state index < -0.39 is 11.6 Å². The van der Waals surface area contributed by atoms with E-state index in [2.05, 4.69) is 10.6 Å². The summed E-state index contributed by atoms with van der Waals surface area (Å²) in [6.07, 6.45) is 0.832. The molecule has 6 heteroatoms. The molecule has 2 saturated heterocycles. The second kappa shape index (κ2) is 7.16. The Morgan fingerprint density at radius 1 is 1.39 bits per heavy atom. The lowest BCUT2D eigenvalue weighted by Gasteiger charge is -2.37. The smallest absolute Gasteiger partial charge is 0.230 e. The number of rotatable bonds is 4. The molecule has 23 heavy (non-hydrogen) atoms. The van der Waals surface area contributed by atoms with Crippen LogP contribution in [0.15, 0.2) is 24.3 Å². The molecule has 0 radical (unpaired) electrons. The van der Waals surface area contributed by atoms with Crippen LogP contribution in [0.4, 0.5) is 4.39 Å². The summed E-state index contributed by atoms with van der Waals surface area (Å²) in [5, 5.41) is 6.69. The maximum atomic E-state index is 13.2. The van der Waals surface area contributed by atoms with Crippen molar-refractivity contribution in [2.24, 2.45) is 0 Å². The van der Waals surface area contributed by atoms with Crippen LogP contribution in [-0.4, -0.2) is 44.4 Å². The minimum absolute atomic E-state index is 0.00270. The van der Waals surface area contributed by atoms with E-state index >= 15 is 0 Å². The molecule has 0 spiro atoms. The van der Waals surface area contributed by atoms with Crippen LogP contribution in [-0.2, 0) is 14.9 Å².